The molecule has 1 fully saturated rings. The molecule has 0 amide bonds. The Morgan fingerprint density at radius 2 is 2.00 bits per heavy atom. The van der Waals surface area contributed by atoms with Crippen LogP contribution in [0.25, 0.3) is 0 Å². The molecule has 3 heteroatoms. The SMILES string of the molecule is CCCNC(C)C1(Cc2ccc(F)c(F)c2)CC1. The maximum absolute atomic E-state index is 13.2. The Balaban J connectivity index is 2.01. The van der Waals surface area contributed by atoms with E-state index in [4.69, 9.17) is 0 Å². The van der Waals surface area contributed by atoms with Crippen molar-refractivity contribution in [2.75, 3.05) is 6.54 Å². The highest BCUT2D eigenvalue weighted by atomic mass is 19.2. The molecule has 1 atom stereocenters. The number of rotatable bonds is 6. The number of benzene rings is 1. The molecule has 0 bridgehead atoms. The molecule has 1 aromatic rings. The van der Waals surface area contributed by atoms with E-state index in [1.165, 1.54) is 25.0 Å². The Morgan fingerprint density at radius 3 is 2.56 bits per heavy atom. The Hall–Kier alpha value is -0.960. The number of hydrogen-bond acceptors (Lipinski definition) is 1. The summed E-state index contributed by atoms with van der Waals surface area (Å²) < 4.78 is 26.1. The summed E-state index contributed by atoms with van der Waals surface area (Å²) in [4.78, 5) is 0. The molecule has 0 aliphatic heterocycles. The third-order valence-corrected chi connectivity index (χ3v) is 4.05. The zero-order valence-electron chi connectivity index (χ0n) is 11.1. The van der Waals surface area contributed by atoms with Crippen LogP contribution in [-0.2, 0) is 6.42 Å². The standard InChI is InChI=1S/C15H21F2N/c1-3-8-18-11(2)15(6-7-15)10-12-4-5-13(16)14(17)9-12/h4-5,9,11,18H,3,6-8,10H2,1-2H3. The van der Waals surface area contributed by atoms with Crippen LogP contribution in [0.1, 0.15) is 38.7 Å². The van der Waals surface area contributed by atoms with Gasteiger partial charge in [-0.25, -0.2) is 8.78 Å². The van der Waals surface area contributed by atoms with Crippen molar-refractivity contribution in [3.63, 3.8) is 0 Å². The van der Waals surface area contributed by atoms with Crippen molar-refractivity contribution < 1.29 is 8.78 Å². The van der Waals surface area contributed by atoms with Gasteiger partial charge in [0.2, 0.25) is 0 Å². The second-order valence-corrected chi connectivity index (χ2v) is 5.46. The fraction of sp³-hybridized carbons (Fsp3) is 0.600. The van der Waals surface area contributed by atoms with Crippen molar-refractivity contribution in [2.45, 2.75) is 45.6 Å². The summed E-state index contributed by atoms with van der Waals surface area (Å²) in [6, 6.07) is 4.70. The lowest BCUT2D eigenvalue weighted by molar-refractivity contribution is 0.349. The molecule has 1 unspecified atom stereocenters. The van der Waals surface area contributed by atoms with Crippen molar-refractivity contribution in [2.24, 2.45) is 5.41 Å². The van der Waals surface area contributed by atoms with Gasteiger partial charge in [0.15, 0.2) is 11.6 Å². The smallest absolute Gasteiger partial charge is 0.159 e. The predicted octanol–water partition coefficient (Wildman–Crippen LogP) is 3.68. The van der Waals surface area contributed by atoms with Crippen molar-refractivity contribution in [1.29, 1.82) is 0 Å². The van der Waals surface area contributed by atoms with Crippen molar-refractivity contribution in [3.8, 4) is 0 Å². The molecule has 0 saturated heterocycles. The minimum absolute atomic E-state index is 0.249. The van der Waals surface area contributed by atoms with Crippen LogP contribution in [-0.4, -0.2) is 12.6 Å². The molecule has 1 aliphatic rings. The van der Waals surface area contributed by atoms with Gasteiger partial charge in [0.05, 0.1) is 0 Å². The fourth-order valence-corrected chi connectivity index (χ4v) is 2.56. The molecule has 18 heavy (non-hydrogen) atoms. The lowest BCUT2D eigenvalue weighted by Crippen LogP contribution is -2.36. The molecule has 1 nitrogen and oxygen atoms in total. The molecule has 1 aromatic carbocycles. The van der Waals surface area contributed by atoms with Crippen LogP contribution in [0.5, 0.6) is 0 Å². The lowest BCUT2D eigenvalue weighted by atomic mass is 9.89. The average molecular weight is 253 g/mol. The highest BCUT2D eigenvalue weighted by molar-refractivity contribution is 5.22. The summed E-state index contributed by atoms with van der Waals surface area (Å²) in [5, 5.41) is 3.51. The van der Waals surface area contributed by atoms with Gasteiger partial charge in [-0.1, -0.05) is 13.0 Å². The van der Waals surface area contributed by atoms with Gasteiger partial charge >= 0.3 is 0 Å². The van der Waals surface area contributed by atoms with Crippen LogP contribution in [0.3, 0.4) is 0 Å². The van der Waals surface area contributed by atoms with Crippen LogP contribution in [0, 0.1) is 17.0 Å². The van der Waals surface area contributed by atoms with Gasteiger partial charge in [0.1, 0.15) is 0 Å². The van der Waals surface area contributed by atoms with Gasteiger partial charge < -0.3 is 5.32 Å². The predicted molar refractivity (Wildman–Crippen MR) is 69.5 cm³/mol. The first-order valence-corrected chi connectivity index (χ1v) is 6.75. The number of hydrogen-bond donors (Lipinski definition) is 1. The van der Waals surface area contributed by atoms with Gasteiger partial charge in [0.25, 0.3) is 0 Å². The minimum Gasteiger partial charge on any atom is -0.314 e. The summed E-state index contributed by atoms with van der Waals surface area (Å²) in [6.07, 6.45) is 4.29. The monoisotopic (exact) mass is 253 g/mol. The first-order chi connectivity index (χ1) is 8.57. The van der Waals surface area contributed by atoms with Crippen LogP contribution >= 0.6 is 0 Å². The molecule has 0 spiro atoms. The maximum Gasteiger partial charge on any atom is 0.159 e. The van der Waals surface area contributed by atoms with E-state index in [1.807, 2.05) is 0 Å². The van der Waals surface area contributed by atoms with E-state index in [2.05, 4.69) is 19.2 Å². The molecule has 1 saturated carbocycles. The molecule has 0 heterocycles. The summed E-state index contributed by atoms with van der Waals surface area (Å²) in [5.74, 6) is -1.50. The van der Waals surface area contributed by atoms with E-state index >= 15 is 0 Å². The van der Waals surface area contributed by atoms with Crippen molar-refractivity contribution >= 4 is 0 Å². The Labute approximate surface area is 108 Å². The minimum atomic E-state index is -0.763. The molecular formula is C15H21F2N. The third-order valence-electron chi connectivity index (χ3n) is 4.05. The maximum atomic E-state index is 13.2. The molecule has 2 rings (SSSR count). The Morgan fingerprint density at radius 1 is 1.28 bits per heavy atom. The van der Waals surface area contributed by atoms with Crippen molar-refractivity contribution in [1.82, 2.24) is 5.32 Å². The topological polar surface area (TPSA) is 12.0 Å². The van der Waals surface area contributed by atoms with Gasteiger partial charge in [-0.2, -0.15) is 0 Å². The fourth-order valence-electron chi connectivity index (χ4n) is 2.56. The molecule has 0 aromatic heterocycles. The Kier molecular flexibility index (Phi) is 4.00. The lowest BCUT2D eigenvalue weighted by Gasteiger charge is -2.24. The first-order valence-electron chi connectivity index (χ1n) is 6.75. The van der Waals surface area contributed by atoms with Crippen molar-refractivity contribution in [3.05, 3.63) is 35.4 Å². The van der Waals surface area contributed by atoms with E-state index in [0.29, 0.717) is 6.04 Å². The van der Waals surface area contributed by atoms with Gasteiger partial charge in [0, 0.05) is 6.04 Å². The first kappa shape index (κ1) is 13.5. The highest BCUT2D eigenvalue weighted by Gasteiger charge is 2.46. The quantitative estimate of drug-likeness (QED) is 0.815. The van der Waals surface area contributed by atoms with Crippen LogP contribution in [0.15, 0.2) is 18.2 Å². The summed E-state index contributed by atoms with van der Waals surface area (Å²) in [5.41, 5.74) is 1.15. The summed E-state index contributed by atoms with van der Waals surface area (Å²) in [6.45, 7) is 5.36. The largest absolute Gasteiger partial charge is 0.314 e. The van der Waals surface area contributed by atoms with Crippen LogP contribution < -0.4 is 5.32 Å². The third kappa shape index (κ3) is 2.89. The molecule has 100 valence electrons. The van der Waals surface area contributed by atoms with E-state index < -0.39 is 11.6 Å². The van der Waals surface area contributed by atoms with Gasteiger partial charge in [-0.05, 0) is 62.3 Å². The zero-order valence-corrected chi connectivity index (χ0v) is 11.1. The number of halogens is 2. The van der Waals surface area contributed by atoms with Crippen LogP contribution in [0.2, 0.25) is 0 Å². The zero-order chi connectivity index (χ0) is 13.2. The van der Waals surface area contributed by atoms with E-state index in [0.717, 1.165) is 24.9 Å². The summed E-state index contributed by atoms with van der Waals surface area (Å²) >= 11 is 0. The molecular weight excluding hydrogens is 232 g/mol. The second kappa shape index (κ2) is 5.35. The van der Waals surface area contributed by atoms with E-state index in [9.17, 15) is 8.78 Å². The molecule has 1 aliphatic carbocycles. The Bertz CT molecular complexity index is 413. The normalized spacial score (nSPS) is 18.7. The second-order valence-electron chi connectivity index (χ2n) is 5.46. The highest BCUT2D eigenvalue weighted by Crippen LogP contribution is 2.51. The van der Waals surface area contributed by atoms with E-state index in [1.54, 1.807) is 6.07 Å². The van der Waals surface area contributed by atoms with Crippen LogP contribution in [0.4, 0.5) is 8.78 Å². The summed E-state index contributed by atoms with van der Waals surface area (Å²) in [7, 11) is 0. The van der Waals surface area contributed by atoms with E-state index in [-0.39, 0.29) is 5.41 Å². The van der Waals surface area contributed by atoms with Gasteiger partial charge in [-0.3, -0.25) is 0 Å². The average Bonchev–Trinajstić information content (AvgIpc) is 3.12. The molecule has 0 radical (unpaired) electrons. The van der Waals surface area contributed by atoms with Gasteiger partial charge in [-0.15, -0.1) is 0 Å². The molecule has 1 N–H and O–H groups in total. The number of nitrogens with one attached hydrogen (secondary N) is 1.